The van der Waals surface area contributed by atoms with E-state index in [9.17, 15) is 33.3 Å². The van der Waals surface area contributed by atoms with E-state index in [0.29, 0.717) is 0 Å². The monoisotopic (exact) mass is 676 g/mol. The van der Waals surface area contributed by atoms with Crippen molar-refractivity contribution in [3.05, 3.63) is 103 Å². The molecule has 2 atom stereocenters. The van der Waals surface area contributed by atoms with E-state index < -0.39 is 138 Å². The number of nitriles is 6. The van der Waals surface area contributed by atoms with Crippen LogP contribution < -0.4 is 0 Å². The molecular weight excluding hydrogens is 672 g/mol. The average Bonchev–Trinajstić information content (AvgIpc) is 3.80. The van der Waals surface area contributed by atoms with Gasteiger partial charge in [0.15, 0.2) is 69.8 Å². The second-order valence-corrected chi connectivity index (χ2v) is 9.60. The smallest absolute Gasteiger partial charge is 0.180 e. The van der Waals surface area contributed by atoms with Gasteiger partial charge in [-0.05, 0) is 11.1 Å². The van der Waals surface area contributed by atoms with Gasteiger partial charge in [0.1, 0.15) is 41.2 Å². The molecule has 6 nitrogen and oxygen atoms in total. The second kappa shape index (κ2) is 12.0. The van der Waals surface area contributed by atoms with E-state index in [1.807, 2.05) is 0 Å². The van der Waals surface area contributed by atoms with Gasteiger partial charge >= 0.3 is 0 Å². The third-order valence-corrected chi connectivity index (χ3v) is 7.42. The van der Waals surface area contributed by atoms with Crippen LogP contribution in [0.25, 0.3) is 11.1 Å². The molecule has 2 aliphatic rings. The van der Waals surface area contributed by atoms with Crippen molar-refractivity contribution in [1.29, 1.82) is 31.6 Å². The molecule has 0 aromatic heterocycles. The minimum absolute atomic E-state index is 0.757. The first-order chi connectivity index (χ1) is 22.6. The predicted molar refractivity (Wildman–Crippen MR) is 131 cm³/mol. The van der Waals surface area contributed by atoms with Gasteiger partial charge in [0.25, 0.3) is 0 Å². The predicted octanol–water partition coefficient (Wildman–Crippen LogP) is 7.58. The van der Waals surface area contributed by atoms with E-state index in [1.165, 1.54) is 0 Å². The maximum Gasteiger partial charge on any atom is 0.180 e. The summed E-state index contributed by atoms with van der Waals surface area (Å²) in [6, 6.07) is 5.34. The molecule has 0 bridgehead atoms. The zero-order chi connectivity index (χ0) is 36.2. The molecule has 0 N–H and O–H groups in total. The summed E-state index contributed by atoms with van der Waals surface area (Å²) in [7, 11) is 0. The summed E-state index contributed by atoms with van der Waals surface area (Å²) in [5.41, 5.74) is -20.5. The summed E-state index contributed by atoms with van der Waals surface area (Å²) in [6.07, 6.45) is -5.13. The highest BCUT2D eigenvalue weighted by Gasteiger charge is 2.67. The zero-order valence-corrected chi connectivity index (χ0v) is 22.6. The average molecular weight is 676 g/mol. The Morgan fingerprint density at radius 1 is 0.583 bits per heavy atom. The normalized spacial score (nSPS) is 22.1. The number of hydrogen-bond donors (Lipinski definition) is 0. The lowest BCUT2D eigenvalue weighted by atomic mass is 9.72. The number of allylic oxidation sites excluding steroid dienone is 8. The molecule has 2 unspecified atom stereocenters. The zero-order valence-electron chi connectivity index (χ0n) is 22.6. The van der Waals surface area contributed by atoms with Crippen LogP contribution in [0.1, 0.15) is 28.7 Å². The fourth-order valence-electron chi connectivity index (χ4n) is 5.20. The van der Waals surface area contributed by atoms with E-state index >= 15 is 35.1 Å². The first-order valence-corrected chi connectivity index (χ1v) is 12.3. The molecule has 0 saturated heterocycles. The minimum Gasteiger partial charge on any atom is -0.237 e. The Kier molecular flexibility index (Phi) is 8.61. The summed E-state index contributed by atoms with van der Waals surface area (Å²) in [4.78, 5) is 0. The van der Waals surface area contributed by atoms with Crippen LogP contribution >= 0.6 is 0 Å². The Hall–Kier alpha value is -6.50. The first kappa shape index (κ1) is 34.4. The Labute approximate surface area is 259 Å². The van der Waals surface area contributed by atoms with Crippen LogP contribution in [0.3, 0.4) is 0 Å². The van der Waals surface area contributed by atoms with Gasteiger partial charge in [-0.15, -0.1) is 0 Å². The number of hydrogen-bond acceptors (Lipinski definition) is 6. The maximum atomic E-state index is 15.8. The van der Waals surface area contributed by atoms with Crippen molar-refractivity contribution in [1.82, 2.24) is 0 Å². The fourth-order valence-corrected chi connectivity index (χ4v) is 5.20. The molecule has 1 saturated carbocycles. The first-order valence-electron chi connectivity index (χ1n) is 12.3. The SMILES string of the molecule is N#CCC1=C(F)C(F)C(C#N)(C2C(=C(C#N)c3c(F)c(F)c(C#N)c(F)c3F)C2=C(C#N)c2c(F)c(F)c(C#N)c(F)c2F)C(F)=C1F. The topological polar surface area (TPSA) is 143 Å². The summed E-state index contributed by atoms with van der Waals surface area (Å²) >= 11 is 0. The van der Waals surface area contributed by atoms with Crippen molar-refractivity contribution in [2.75, 3.05) is 0 Å². The van der Waals surface area contributed by atoms with Crippen LogP contribution in [0.2, 0.25) is 0 Å². The molecule has 48 heavy (non-hydrogen) atoms. The van der Waals surface area contributed by atoms with E-state index in [1.54, 1.807) is 0 Å². The molecule has 1 fully saturated rings. The maximum absolute atomic E-state index is 15.8. The summed E-state index contributed by atoms with van der Waals surface area (Å²) in [5, 5.41) is 56.1. The number of halogens is 12. The van der Waals surface area contributed by atoms with Gasteiger partial charge in [-0.1, -0.05) is 0 Å². The molecule has 0 heterocycles. The van der Waals surface area contributed by atoms with E-state index in [2.05, 4.69) is 0 Å². The molecule has 18 heteroatoms. The molecule has 2 aromatic rings. The van der Waals surface area contributed by atoms with E-state index in [0.717, 1.165) is 36.4 Å². The van der Waals surface area contributed by atoms with Crippen LogP contribution in [-0.4, -0.2) is 6.17 Å². The quantitative estimate of drug-likeness (QED) is 0.186. The highest BCUT2D eigenvalue weighted by atomic mass is 19.2. The van der Waals surface area contributed by atoms with Gasteiger partial charge in [-0.2, -0.15) is 31.6 Å². The number of nitrogens with zero attached hydrogens (tertiary/aromatic N) is 6. The van der Waals surface area contributed by atoms with Gasteiger partial charge in [-0.3, -0.25) is 0 Å². The van der Waals surface area contributed by atoms with Crippen molar-refractivity contribution >= 4 is 11.1 Å². The third-order valence-electron chi connectivity index (χ3n) is 7.42. The van der Waals surface area contributed by atoms with Gasteiger partial charge in [0, 0.05) is 11.5 Å². The third kappa shape index (κ3) is 4.39. The van der Waals surface area contributed by atoms with Crippen molar-refractivity contribution in [2.24, 2.45) is 11.3 Å². The standard InChI is InChI=1S/C30H4F12N6/c31-18-11(5-46)19(32)25(38)15(24(18)37)9(3-44)13-14(10(4-45)16-26(39)20(33)12(6-47)21(34)27(16)40)17(13)30(7-48)28(41)22(35)8(1-2-43)23(36)29(30)42/h17,28H,1H2. The molecule has 0 amide bonds. The van der Waals surface area contributed by atoms with Gasteiger partial charge in [-0.25, -0.2) is 52.7 Å². The molecule has 0 aliphatic heterocycles. The van der Waals surface area contributed by atoms with Gasteiger partial charge in [0.2, 0.25) is 0 Å². The van der Waals surface area contributed by atoms with Crippen LogP contribution in [-0.2, 0) is 0 Å². The Bertz CT molecular complexity index is 2100. The van der Waals surface area contributed by atoms with Crippen molar-refractivity contribution < 1.29 is 52.7 Å². The molecule has 238 valence electrons. The Balaban J connectivity index is 2.30. The molecular formula is C30H4F12N6. The number of benzene rings is 2. The molecule has 0 spiro atoms. The van der Waals surface area contributed by atoms with Gasteiger partial charge < -0.3 is 0 Å². The van der Waals surface area contributed by atoms with E-state index in [-0.39, 0.29) is 0 Å². The second-order valence-electron chi connectivity index (χ2n) is 9.60. The molecule has 2 aromatic carbocycles. The Morgan fingerprint density at radius 3 is 1.25 bits per heavy atom. The Morgan fingerprint density at radius 2 is 0.958 bits per heavy atom. The molecule has 4 rings (SSSR count). The van der Waals surface area contributed by atoms with Crippen LogP contribution in [0.15, 0.2) is 34.2 Å². The molecule has 0 radical (unpaired) electrons. The van der Waals surface area contributed by atoms with Crippen molar-refractivity contribution in [3.8, 4) is 36.4 Å². The van der Waals surface area contributed by atoms with Crippen LogP contribution in [0, 0.1) is 126 Å². The van der Waals surface area contributed by atoms with Crippen molar-refractivity contribution in [2.45, 2.75) is 12.6 Å². The summed E-state index contributed by atoms with van der Waals surface area (Å²) in [6.45, 7) is 0. The summed E-state index contributed by atoms with van der Waals surface area (Å²) < 4.78 is 180. The fraction of sp³-hybridized carbons (Fsp3) is 0.133. The lowest BCUT2D eigenvalue weighted by Crippen LogP contribution is -2.38. The minimum atomic E-state index is -4.07. The highest BCUT2D eigenvalue weighted by Crippen LogP contribution is 2.67. The number of rotatable bonds is 4. The lowest BCUT2D eigenvalue weighted by Gasteiger charge is -2.32. The summed E-state index contributed by atoms with van der Waals surface area (Å²) in [5.74, 6) is -30.5. The highest BCUT2D eigenvalue weighted by molar-refractivity contribution is 5.98. The van der Waals surface area contributed by atoms with Gasteiger partial charge in [0.05, 0.1) is 40.8 Å². The lowest BCUT2D eigenvalue weighted by molar-refractivity contribution is 0.147. The number of alkyl halides is 1. The van der Waals surface area contributed by atoms with E-state index in [4.69, 9.17) is 15.8 Å². The largest absolute Gasteiger partial charge is 0.237 e. The molecule has 2 aliphatic carbocycles. The van der Waals surface area contributed by atoms with Crippen LogP contribution in [0.4, 0.5) is 52.7 Å². The van der Waals surface area contributed by atoms with Crippen molar-refractivity contribution in [3.63, 3.8) is 0 Å². The van der Waals surface area contributed by atoms with Crippen LogP contribution in [0.5, 0.6) is 0 Å².